The van der Waals surface area contributed by atoms with Crippen LogP contribution in [0.1, 0.15) is 57.8 Å². The Labute approximate surface area is 98.2 Å². The van der Waals surface area contributed by atoms with Gasteiger partial charge in [0.1, 0.15) is 0 Å². The molecule has 3 rings (SSSR count). The summed E-state index contributed by atoms with van der Waals surface area (Å²) in [5, 5.41) is 3.34. The van der Waals surface area contributed by atoms with E-state index in [2.05, 4.69) is 5.32 Å². The number of rotatable bonds is 2. The third kappa shape index (κ3) is 1.99. The summed E-state index contributed by atoms with van der Waals surface area (Å²) in [5.74, 6) is 2.46. The van der Waals surface area contributed by atoms with Gasteiger partial charge in [0.25, 0.3) is 0 Å². The summed E-state index contributed by atoms with van der Waals surface area (Å²) >= 11 is 0. The lowest BCUT2D eigenvalue weighted by Gasteiger charge is -2.27. The molecule has 1 N–H and O–H groups in total. The molecule has 0 aromatic carbocycles. The molecule has 0 saturated heterocycles. The van der Waals surface area contributed by atoms with Gasteiger partial charge in [0, 0.05) is 12.0 Å². The van der Waals surface area contributed by atoms with Crippen molar-refractivity contribution in [2.45, 2.75) is 63.8 Å². The molecule has 0 aromatic rings. The Balaban J connectivity index is 1.52. The monoisotopic (exact) mass is 221 g/mol. The number of carbonyl (C=O) groups excluding carboxylic acids is 1. The summed E-state index contributed by atoms with van der Waals surface area (Å²) in [7, 11) is 0. The molecule has 0 spiro atoms. The van der Waals surface area contributed by atoms with Crippen LogP contribution in [0.3, 0.4) is 0 Å². The maximum absolute atomic E-state index is 12.1. The highest BCUT2D eigenvalue weighted by molar-refractivity contribution is 5.79. The van der Waals surface area contributed by atoms with E-state index in [-0.39, 0.29) is 0 Å². The second-order valence-electron chi connectivity index (χ2n) is 6.12. The Morgan fingerprint density at radius 2 is 1.75 bits per heavy atom. The van der Waals surface area contributed by atoms with E-state index in [0.29, 0.717) is 17.9 Å². The van der Waals surface area contributed by atoms with Gasteiger partial charge in [0.15, 0.2) is 0 Å². The summed E-state index contributed by atoms with van der Waals surface area (Å²) in [6.07, 6.45) is 11.5. The normalized spacial score (nSPS) is 38.9. The van der Waals surface area contributed by atoms with E-state index in [0.717, 1.165) is 24.7 Å². The summed E-state index contributed by atoms with van der Waals surface area (Å²) in [5.41, 5.74) is 0. The lowest BCUT2D eigenvalue weighted by molar-refractivity contribution is -0.127. The van der Waals surface area contributed by atoms with Gasteiger partial charge in [-0.1, -0.05) is 25.7 Å². The Morgan fingerprint density at radius 1 is 0.938 bits per heavy atom. The predicted molar refractivity (Wildman–Crippen MR) is 64.0 cm³/mol. The zero-order valence-corrected chi connectivity index (χ0v) is 10.1. The van der Waals surface area contributed by atoms with Gasteiger partial charge in [0.2, 0.25) is 5.91 Å². The predicted octanol–water partition coefficient (Wildman–Crippen LogP) is 2.87. The first-order valence-electron chi connectivity index (χ1n) is 7.13. The van der Waals surface area contributed by atoms with E-state index < -0.39 is 0 Å². The highest BCUT2D eigenvalue weighted by Gasteiger charge is 2.40. The Morgan fingerprint density at radius 3 is 2.38 bits per heavy atom. The van der Waals surface area contributed by atoms with Crippen LogP contribution in [0.5, 0.6) is 0 Å². The summed E-state index contributed by atoms with van der Waals surface area (Å²) in [6, 6.07) is 0.535. The average molecular weight is 221 g/mol. The molecule has 2 bridgehead atoms. The van der Waals surface area contributed by atoms with Gasteiger partial charge in [-0.25, -0.2) is 0 Å². The van der Waals surface area contributed by atoms with E-state index >= 15 is 0 Å². The molecule has 3 aliphatic rings. The van der Waals surface area contributed by atoms with Gasteiger partial charge in [-0.05, 0) is 43.9 Å². The van der Waals surface area contributed by atoms with Crippen molar-refractivity contribution in [3.05, 3.63) is 0 Å². The average Bonchev–Trinajstić information content (AvgIpc) is 2.92. The molecule has 0 radical (unpaired) electrons. The van der Waals surface area contributed by atoms with Gasteiger partial charge in [-0.3, -0.25) is 4.79 Å². The molecule has 2 heteroatoms. The number of carbonyl (C=O) groups is 1. The van der Waals surface area contributed by atoms with E-state index in [1.807, 2.05) is 0 Å². The lowest BCUT2D eigenvalue weighted by atomic mass is 9.87. The maximum atomic E-state index is 12.1. The molecular weight excluding hydrogens is 198 g/mol. The Bertz CT molecular complexity index is 270. The van der Waals surface area contributed by atoms with E-state index in [1.165, 1.54) is 44.9 Å². The lowest BCUT2D eigenvalue weighted by Crippen LogP contribution is -2.42. The minimum absolute atomic E-state index is 0.341. The number of amides is 1. The van der Waals surface area contributed by atoms with E-state index in [4.69, 9.17) is 0 Å². The molecule has 3 atom stereocenters. The van der Waals surface area contributed by atoms with E-state index in [1.54, 1.807) is 0 Å². The van der Waals surface area contributed by atoms with Crippen LogP contribution in [0.2, 0.25) is 0 Å². The molecule has 0 heterocycles. The first-order chi connectivity index (χ1) is 7.83. The number of fused-ring (bicyclic) bond motifs is 2. The van der Waals surface area contributed by atoms with Crippen molar-refractivity contribution >= 4 is 5.91 Å². The van der Waals surface area contributed by atoms with Gasteiger partial charge < -0.3 is 5.32 Å². The minimum Gasteiger partial charge on any atom is -0.353 e. The fraction of sp³-hybridized carbons (Fsp3) is 0.929. The highest BCUT2D eigenvalue weighted by atomic mass is 16.1. The molecule has 3 aliphatic carbocycles. The van der Waals surface area contributed by atoms with Crippen LogP contribution in [0, 0.1) is 17.8 Å². The molecule has 1 amide bonds. The standard InChI is InChI=1S/C14H23NO/c16-14(11-4-2-1-3-5-11)15-13-9-10-6-7-12(13)8-10/h10-13H,1-9H2,(H,15,16)/t10-,12+,13-/m0/s1. The summed E-state index contributed by atoms with van der Waals surface area (Å²) in [6.45, 7) is 0. The number of nitrogens with one attached hydrogen (secondary N) is 1. The van der Waals surface area contributed by atoms with Gasteiger partial charge >= 0.3 is 0 Å². The SMILES string of the molecule is O=C(N[C@H]1C[C@H]2CC[C@@H]1C2)C1CCCCC1. The largest absolute Gasteiger partial charge is 0.353 e. The summed E-state index contributed by atoms with van der Waals surface area (Å²) < 4.78 is 0. The van der Waals surface area contributed by atoms with E-state index in [9.17, 15) is 4.79 Å². The third-order valence-electron chi connectivity index (χ3n) is 5.04. The molecule has 90 valence electrons. The molecule has 2 nitrogen and oxygen atoms in total. The van der Waals surface area contributed by atoms with Crippen LogP contribution in [0.15, 0.2) is 0 Å². The molecule has 0 unspecified atom stereocenters. The van der Waals surface area contributed by atoms with Crippen molar-refractivity contribution in [3.63, 3.8) is 0 Å². The van der Waals surface area contributed by atoms with Crippen molar-refractivity contribution in [3.8, 4) is 0 Å². The van der Waals surface area contributed by atoms with Crippen molar-refractivity contribution in [1.29, 1.82) is 0 Å². The van der Waals surface area contributed by atoms with Gasteiger partial charge in [-0.15, -0.1) is 0 Å². The van der Waals surface area contributed by atoms with Crippen LogP contribution in [-0.2, 0) is 4.79 Å². The minimum atomic E-state index is 0.341. The zero-order chi connectivity index (χ0) is 11.0. The van der Waals surface area contributed by atoms with Crippen LogP contribution < -0.4 is 5.32 Å². The topological polar surface area (TPSA) is 29.1 Å². The van der Waals surface area contributed by atoms with Gasteiger partial charge in [0.05, 0.1) is 0 Å². The van der Waals surface area contributed by atoms with Crippen molar-refractivity contribution < 1.29 is 4.79 Å². The highest BCUT2D eigenvalue weighted by Crippen LogP contribution is 2.44. The molecular formula is C14H23NO. The first-order valence-corrected chi connectivity index (χ1v) is 7.13. The fourth-order valence-electron chi connectivity index (χ4n) is 4.09. The molecule has 3 fully saturated rings. The second-order valence-corrected chi connectivity index (χ2v) is 6.12. The van der Waals surface area contributed by atoms with Crippen LogP contribution in [0.25, 0.3) is 0 Å². The van der Waals surface area contributed by atoms with Gasteiger partial charge in [-0.2, -0.15) is 0 Å². The Hall–Kier alpha value is -0.530. The van der Waals surface area contributed by atoms with Crippen molar-refractivity contribution in [2.75, 3.05) is 0 Å². The van der Waals surface area contributed by atoms with Crippen molar-refractivity contribution in [2.24, 2.45) is 17.8 Å². The first kappa shape index (κ1) is 10.6. The Kier molecular flexibility index (Phi) is 2.91. The zero-order valence-electron chi connectivity index (χ0n) is 10.1. The molecule has 0 aliphatic heterocycles. The molecule has 16 heavy (non-hydrogen) atoms. The molecule has 0 aromatic heterocycles. The summed E-state index contributed by atoms with van der Waals surface area (Å²) in [4.78, 5) is 12.1. The number of hydrogen-bond donors (Lipinski definition) is 1. The maximum Gasteiger partial charge on any atom is 0.223 e. The molecule has 3 saturated carbocycles. The fourth-order valence-corrected chi connectivity index (χ4v) is 4.09. The number of hydrogen-bond acceptors (Lipinski definition) is 1. The van der Waals surface area contributed by atoms with Crippen molar-refractivity contribution in [1.82, 2.24) is 5.32 Å². The van der Waals surface area contributed by atoms with Crippen LogP contribution in [0.4, 0.5) is 0 Å². The van der Waals surface area contributed by atoms with Crippen LogP contribution in [-0.4, -0.2) is 11.9 Å². The second kappa shape index (κ2) is 4.38. The third-order valence-corrected chi connectivity index (χ3v) is 5.04. The quantitative estimate of drug-likeness (QED) is 0.763. The smallest absolute Gasteiger partial charge is 0.223 e. The van der Waals surface area contributed by atoms with Crippen LogP contribution >= 0.6 is 0 Å².